The highest BCUT2D eigenvalue weighted by molar-refractivity contribution is 9.10. The van der Waals surface area contributed by atoms with Crippen molar-refractivity contribution in [2.45, 2.75) is 13.0 Å². The molecule has 0 radical (unpaired) electrons. The van der Waals surface area contributed by atoms with Crippen LogP contribution in [0.3, 0.4) is 0 Å². The molecule has 0 spiro atoms. The lowest BCUT2D eigenvalue weighted by molar-refractivity contribution is -0.125. The van der Waals surface area contributed by atoms with Crippen molar-refractivity contribution in [3.05, 3.63) is 28.7 Å². The van der Waals surface area contributed by atoms with Gasteiger partial charge >= 0.3 is 0 Å². The first kappa shape index (κ1) is 19.9. The van der Waals surface area contributed by atoms with Crippen LogP contribution < -0.4 is 16.0 Å². The third kappa shape index (κ3) is 6.47. The van der Waals surface area contributed by atoms with Gasteiger partial charge in [-0.15, -0.1) is 12.4 Å². The van der Waals surface area contributed by atoms with E-state index in [2.05, 4.69) is 43.7 Å². The van der Waals surface area contributed by atoms with Crippen LogP contribution in [0, 0.1) is 0 Å². The molecule has 1 aromatic carbocycles. The van der Waals surface area contributed by atoms with Crippen molar-refractivity contribution >= 4 is 45.8 Å². The second kappa shape index (κ2) is 9.87. The topological polar surface area (TPSA) is 73.5 Å². The molecule has 1 aliphatic heterocycles. The number of amides is 2. The normalized spacial score (nSPS) is 17.9. The van der Waals surface area contributed by atoms with Crippen LogP contribution in [-0.2, 0) is 9.59 Å². The maximum Gasteiger partial charge on any atom is 0.243 e. The van der Waals surface area contributed by atoms with Gasteiger partial charge < -0.3 is 16.0 Å². The van der Waals surface area contributed by atoms with Crippen molar-refractivity contribution in [1.29, 1.82) is 0 Å². The fourth-order valence-electron chi connectivity index (χ4n) is 2.29. The monoisotopic (exact) mass is 404 g/mol. The number of piperazine rings is 1. The van der Waals surface area contributed by atoms with Gasteiger partial charge in [0, 0.05) is 30.1 Å². The molecule has 1 fully saturated rings. The predicted molar refractivity (Wildman–Crippen MR) is 96.9 cm³/mol. The van der Waals surface area contributed by atoms with Crippen molar-refractivity contribution in [3.63, 3.8) is 0 Å². The second-order valence-electron chi connectivity index (χ2n) is 5.33. The molecule has 23 heavy (non-hydrogen) atoms. The minimum absolute atomic E-state index is 0. The minimum Gasteiger partial charge on any atom is -0.346 e. The van der Waals surface area contributed by atoms with Crippen LogP contribution in [0.1, 0.15) is 6.92 Å². The number of rotatable bonds is 5. The van der Waals surface area contributed by atoms with Gasteiger partial charge in [0.2, 0.25) is 11.8 Å². The zero-order chi connectivity index (χ0) is 15.9. The lowest BCUT2D eigenvalue weighted by atomic mass is 10.2. The lowest BCUT2D eigenvalue weighted by Crippen LogP contribution is -2.53. The molecule has 0 bridgehead atoms. The van der Waals surface area contributed by atoms with Gasteiger partial charge in [-0.3, -0.25) is 14.5 Å². The molecule has 1 heterocycles. The zero-order valence-corrected chi connectivity index (χ0v) is 15.4. The number of para-hydroxylation sites is 1. The number of hydrogen-bond acceptors (Lipinski definition) is 4. The van der Waals surface area contributed by atoms with E-state index in [0.29, 0.717) is 18.3 Å². The molecule has 0 aromatic heterocycles. The summed E-state index contributed by atoms with van der Waals surface area (Å²) in [6.07, 6.45) is 0. The molecule has 128 valence electrons. The van der Waals surface area contributed by atoms with Gasteiger partial charge in [-0.2, -0.15) is 0 Å². The molecule has 1 aliphatic rings. The summed E-state index contributed by atoms with van der Waals surface area (Å²) in [6.45, 7) is 5.00. The summed E-state index contributed by atoms with van der Waals surface area (Å²) in [5.74, 6) is -0.371. The number of anilines is 1. The van der Waals surface area contributed by atoms with Crippen LogP contribution in [0.15, 0.2) is 28.7 Å². The molecule has 0 unspecified atom stereocenters. The third-order valence-electron chi connectivity index (χ3n) is 3.58. The fourth-order valence-corrected chi connectivity index (χ4v) is 2.68. The summed E-state index contributed by atoms with van der Waals surface area (Å²) in [5, 5.41) is 8.69. The summed E-state index contributed by atoms with van der Waals surface area (Å²) in [6, 6.07) is 7.68. The van der Waals surface area contributed by atoms with Crippen LogP contribution in [0.25, 0.3) is 0 Å². The summed E-state index contributed by atoms with van der Waals surface area (Å²) < 4.78 is 0.810. The molecule has 2 amide bonds. The van der Waals surface area contributed by atoms with Gasteiger partial charge in [0.05, 0.1) is 18.8 Å². The molecule has 3 N–H and O–H groups in total. The van der Waals surface area contributed by atoms with E-state index in [1.807, 2.05) is 18.2 Å². The first-order valence-corrected chi connectivity index (χ1v) is 8.11. The van der Waals surface area contributed by atoms with Crippen molar-refractivity contribution in [2.24, 2.45) is 0 Å². The van der Waals surface area contributed by atoms with Gasteiger partial charge in [0.15, 0.2) is 0 Å². The van der Waals surface area contributed by atoms with Gasteiger partial charge in [0.1, 0.15) is 0 Å². The zero-order valence-electron chi connectivity index (χ0n) is 13.0. The SMILES string of the molecule is C[C@@H]1CNCCN1CC(=O)NCC(=O)Nc1ccccc1Br.Cl. The molecule has 6 nitrogen and oxygen atoms in total. The summed E-state index contributed by atoms with van der Waals surface area (Å²) >= 11 is 3.36. The third-order valence-corrected chi connectivity index (χ3v) is 4.27. The molecule has 8 heteroatoms. The Labute approximate surface area is 150 Å². The van der Waals surface area contributed by atoms with Crippen molar-refractivity contribution < 1.29 is 9.59 Å². The van der Waals surface area contributed by atoms with E-state index in [0.717, 1.165) is 24.1 Å². The molecular formula is C15H22BrClN4O2. The first-order valence-electron chi connectivity index (χ1n) is 7.32. The number of hydrogen-bond donors (Lipinski definition) is 3. The van der Waals surface area contributed by atoms with E-state index in [1.165, 1.54) is 0 Å². The van der Waals surface area contributed by atoms with E-state index < -0.39 is 0 Å². The number of benzene rings is 1. The highest BCUT2D eigenvalue weighted by Crippen LogP contribution is 2.20. The molecular weight excluding hydrogens is 384 g/mol. The fraction of sp³-hybridized carbons (Fsp3) is 0.467. The van der Waals surface area contributed by atoms with Crippen molar-refractivity contribution in [3.8, 4) is 0 Å². The van der Waals surface area contributed by atoms with Gasteiger partial charge in [0.25, 0.3) is 0 Å². The number of halogens is 2. The summed E-state index contributed by atoms with van der Waals surface area (Å²) in [5.41, 5.74) is 0.692. The van der Waals surface area contributed by atoms with E-state index in [1.54, 1.807) is 6.07 Å². The largest absolute Gasteiger partial charge is 0.346 e. The van der Waals surface area contributed by atoms with E-state index in [9.17, 15) is 9.59 Å². The number of nitrogens with zero attached hydrogens (tertiary/aromatic N) is 1. The molecule has 0 saturated carbocycles. The summed E-state index contributed by atoms with van der Waals surface area (Å²) in [7, 11) is 0. The van der Waals surface area contributed by atoms with Gasteiger partial charge in [-0.05, 0) is 35.0 Å². The number of carbonyl (C=O) groups is 2. The van der Waals surface area contributed by atoms with Crippen LogP contribution in [0.5, 0.6) is 0 Å². The highest BCUT2D eigenvalue weighted by Gasteiger charge is 2.20. The van der Waals surface area contributed by atoms with Crippen molar-refractivity contribution in [2.75, 3.05) is 38.0 Å². The van der Waals surface area contributed by atoms with Gasteiger partial charge in [-0.1, -0.05) is 12.1 Å². The maximum absolute atomic E-state index is 11.9. The van der Waals surface area contributed by atoms with Crippen molar-refractivity contribution in [1.82, 2.24) is 15.5 Å². The predicted octanol–water partition coefficient (Wildman–Crippen LogP) is 1.22. The van der Waals surface area contributed by atoms with Crippen LogP contribution >= 0.6 is 28.3 Å². The van der Waals surface area contributed by atoms with E-state index >= 15 is 0 Å². The van der Waals surface area contributed by atoms with Crippen LogP contribution in [-0.4, -0.2) is 55.5 Å². The average Bonchev–Trinajstić information content (AvgIpc) is 2.50. The Morgan fingerprint density at radius 2 is 2.09 bits per heavy atom. The second-order valence-corrected chi connectivity index (χ2v) is 6.18. The van der Waals surface area contributed by atoms with E-state index in [-0.39, 0.29) is 30.8 Å². The Hall–Kier alpha value is -1.15. The molecule has 1 aromatic rings. The maximum atomic E-state index is 11.9. The number of nitrogens with one attached hydrogen (secondary N) is 3. The number of carbonyl (C=O) groups excluding carboxylic acids is 2. The summed E-state index contributed by atoms with van der Waals surface area (Å²) in [4.78, 5) is 25.9. The Morgan fingerprint density at radius 3 is 2.78 bits per heavy atom. The average molecular weight is 406 g/mol. The first-order chi connectivity index (χ1) is 10.6. The molecule has 1 saturated heterocycles. The molecule has 0 aliphatic carbocycles. The standard InChI is InChI=1S/C15H21BrN4O2.ClH/c1-11-8-17-6-7-20(11)10-15(22)18-9-14(21)19-13-5-3-2-4-12(13)16;/h2-5,11,17H,6-10H2,1H3,(H,18,22)(H,19,21);1H/t11-;/m1./s1. The van der Waals surface area contributed by atoms with Crippen LogP contribution in [0.2, 0.25) is 0 Å². The Bertz CT molecular complexity index is 544. The van der Waals surface area contributed by atoms with E-state index in [4.69, 9.17) is 0 Å². The smallest absolute Gasteiger partial charge is 0.243 e. The van der Waals surface area contributed by atoms with Crippen LogP contribution in [0.4, 0.5) is 5.69 Å². The molecule has 2 rings (SSSR count). The highest BCUT2D eigenvalue weighted by atomic mass is 79.9. The lowest BCUT2D eigenvalue weighted by Gasteiger charge is -2.33. The Balaban J connectivity index is 0.00000264. The Morgan fingerprint density at radius 1 is 1.35 bits per heavy atom. The molecule has 1 atom stereocenters. The Kier molecular flexibility index (Phi) is 8.54. The van der Waals surface area contributed by atoms with Gasteiger partial charge in [-0.25, -0.2) is 0 Å². The minimum atomic E-state index is -0.242. The quantitative estimate of drug-likeness (QED) is 0.689.